The van der Waals surface area contributed by atoms with Gasteiger partial charge in [0.05, 0.1) is 22.9 Å². The smallest absolute Gasteiger partial charge is 0.387 e. The average Bonchev–Trinajstić information content (AvgIpc) is 3.60. The highest BCUT2D eigenvalue weighted by atomic mass is 31.2. The molecule has 0 spiro atoms. The Labute approximate surface area is 221 Å². The average molecular weight is 553 g/mol. The Bertz CT molecular complexity index is 1710. The highest BCUT2D eigenvalue weighted by Gasteiger charge is 2.46. The number of ether oxygens (including phenoxy) is 1. The fourth-order valence-corrected chi connectivity index (χ4v) is 9.20. The van der Waals surface area contributed by atoms with Crippen molar-refractivity contribution in [3.63, 3.8) is 0 Å². The first-order chi connectivity index (χ1) is 18.7. The summed E-state index contributed by atoms with van der Waals surface area (Å²) < 4.78 is 61.3. The first-order valence-electron chi connectivity index (χ1n) is 12.7. The molecule has 200 valence electrons. The number of halogens is 3. The summed E-state index contributed by atoms with van der Waals surface area (Å²) in [6.07, 6.45) is 6.02. The van der Waals surface area contributed by atoms with E-state index in [-0.39, 0.29) is 23.1 Å². The van der Waals surface area contributed by atoms with E-state index in [9.17, 15) is 18.1 Å². The molecule has 2 atom stereocenters. The lowest BCUT2D eigenvalue weighted by atomic mass is 9.88. The Hall–Kier alpha value is -3.72. The third-order valence-electron chi connectivity index (χ3n) is 8.16. The quantitative estimate of drug-likeness (QED) is 0.332. The predicted octanol–water partition coefficient (Wildman–Crippen LogP) is 4.98. The van der Waals surface area contributed by atoms with Gasteiger partial charge < -0.3 is 14.2 Å². The second kappa shape index (κ2) is 8.64. The molecule has 4 aromatic rings. The molecule has 1 fully saturated rings. The summed E-state index contributed by atoms with van der Waals surface area (Å²) in [4.78, 5) is 23.6. The first kappa shape index (κ1) is 24.3. The summed E-state index contributed by atoms with van der Waals surface area (Å²) in [6.45, 7) is -3.05. The van der Waals surface area contributed by atoms with Gasteiger partial charge in [-0.05, 0) is 43.5 Å². The number of aromatic nitrogens is 4. The zero-order valence-corrected chi connectivity index (χ0v) is 21.7. The maximum Gasteiger partial charge on any atom is 0.387 e. The van der Waals surface area contributed by atoms with Gasteiger partial charge in [-0.25, -0.2) is 18.9 Å². The van der Waals surface area contributed by atoms with E-state index in [4.69, 9.17) is 9.84 Å². The number of benzene rings is 1. The molecule has 1 amide bonds. The van der Waals surface area contributed by atoms with E-state index >= 15 is 4.39 Å². The molecule has 0 N–H and O–H groups in total. The molecule has 5 heterocycles. The molecule has 2 bridgehead atoms. The van der Waals surface area contributed by atoms with Gasteiger partial charge in [-0.2, -0.15) is 13.9 Å². The number of nitrogens with zero attached hydrogens (tertiary/aromatic N) is 5. The van der Waals surface area contributed by atoms with Crippen LogP contribution in [0.25, 0.3) is 16.8 Å². The van der Waals surface area contributed by atoms with Crippen LogP contribution in [0.3, 0.4) is 0 Å². The maximum atomic E-state index is 15.1. The van der Waals surface area contributed by atoms with Crippen molar-refractivity contribution in [3.05, 3.63) is 71.1 Å². The van der Waals surface area contributed by atoms with Crippen LogP contribution in [0, 0.1) is 5.82 Å². The van der Waals surface area contributed by atoms with Crippen LogP contribution in [0.2, 0.25) is 0 Å². The van der Waals surface area contributed by atoms with Crippen molar-refractivity contribution >= 4 is 24.0 Å². The van der Waals surface area contributed by atoms with Gasteiger partial charge in [0.2, 0.25) is 0 Å². The van der Waals surface area contributed by atoms with Crippen molar-refractivity contribution in [1.82, 2.24) is 24.5 Å². The van der Waals surface area contributed by atoms with Crippen LogP contribution in [0.5, 0.6) is 5.75 Å². The Kier molecular flexibility index (Phi) is 5.39. The predicted molar refractivity (Wildman–Crippen MR) is 137 cm³/mol. The largest absolute Gasteiger partial charge is 0.434 e. The molecule has 3 aliphatic rings. The lowest BCUT2D eigenvalue weighted by molar-refractivity contribution is -0.0505. The summed E-state index contributed by atoms with van der Waals surface area (Å²) in [5, 5.41) is 4.70. The summed E-state index contributed by atoms with van der Waals surface area (Å²) in [5.74, 6) is -1.36. The van der Waals surface area contributed by atoms with Crippen molar-refractivity contribution in [2.24, 2.45) is 0 Å². The normalized spacial score (nSPS) is 21.4. The standard InChI is InChI=1S/C27H23F3N5O3P/c1-34-20-10-16(22-15(26(34)36)5-4-6-21(22)38-27(29)30)23-19-11-18(32-13-35(19)33-24(20)23)14-9-17(28)25(31-12-14)39(37)7-2-3-8-39/h4-6,9,11-13,16,20,27H,2-3,7-8,10H2,1H3. The molecule has 3 aromatic heterocycles. The molecule has 2 aliphatic heterocycles. The van der Waals surface area contributed by atoms with Crippen molar-refractivity contribution in [2.45, 2.75) is 37.8 Å². The summed E-state index contributed by atoms with van der Waals surface area (Å²) in [6, 6.07) is 7.31. The molecule has 7 rings (SSSR count). The molecule has 0 radical (unpaired) electrons. The minimum atomic E-state index is -3.05. The molecule has 0 saturated carbocycles. The molecule has 1 aromatic carbocycles. The van der Waals surface area contributed by atoms with E-state index in [1.807, 2.05) is 0 Å². The van der Waals surface area contributed by atoms with Gasteiger partial charge >= 0.3 is 6.61 Å². The molecule has 1 saturated heterocycles. The number of fused-ring (bicyclic) bond motifs is 9. The second-order valence-corrected chi connectivity index (χ2v) is 13.4. The zero-order valence-electron chi connectivity index (χ0n) is 20.9. The zero-order chi connectivity index (χ0) is 27.1. The highest BCUT2D eigenvalue weighted by Crippen LogP contribution is 2.54. The van der Waals surface area contributed by atoms with Gasteiger partial charge in [0.25, 0.3) is 5.91 Å². The van der Waals surface area contributed by atoms with Gasteiger partial charge in [-0.15, -0.1) is 0 Å². The van der Waals surface area contributed by atoms with Crippen LogP contribution in [-0.2, 0) is 4.57 Å². The number of carbonyl (C=O) groups excluding carboxylic acids is 1. The monoisotopic (exact) mass is 553 g/mol. The van der Waals surface area contributed by atoms with Crippen molar-refractivity contribution in [3.8, 4) is 17.0 Å². The first-order valence-corrected chi connectivity index (χ1v) is 14.8. The Morgan fingerprint density at radius 1 is 1.13 bits per heavy atom. The van der Waals surface area contributed by atoms with Crippen molar-refractivity contribution in [1.29, 1.82) is 0 Å². The number of amides is 1. The van der Waals surface area contributed by atoms with Gasteiger partial charge in [-0.3, -0.25) is 4.79 Å². The number of hydrogen-bond acceptors (Lipinski definition) is 6. The van der Waals surface area contributed by atoms with Crippen LogP contribution in [0.15, 0.2) is 42.9 Å². The number of carbonyl (C=O) groups is 1. The summed E-state index contributed by atoms with van der Waals surface area (Å²) in [5.41, 5.74) is 3.74. The minimum Gasteiger partial charge on any atom is -0.434 e. The van der Waals surface area contributed by atoms with E-state index in [0.717, 1.165) is 18.4 Å². The van der Waals surface area contributed by atoms with Gasteiger partial charge in [-0.1, -0.05) is 6.07 Å². The molecule has 8 nitrogen and oxygen atoms in total. The third kappa shape index (κ3) is 3.62. The van der Waals surface area contributed by atoms with Crippen LogP contribution in [0.4, 0.5) is 13.2 Å². The molecule has 2 unspecified atom stereocenters. The topological polar surface area (TPSA) is 89.7 Å². The molecule has 39 heavy (non-hydrogen) atoms. The number of alkyl halides is 2. The van der Waals surface area contributed by atoms with E-state index < -0.39 is 25.5 Å². The maximum absolute atomic E-state index is 15.1. The van der Waals surface area contributed by atoms with Crippen LogP contribution in [0.1, 0.15) is 58.4 Å². The molecule has 12 heteroatoms. The third-order valence-corrected chi connectivity index (χ3v) is 11.3. The lowest BCUT2D eigenvalue weighted by Gasteiger charge is -2.23. The van der Waals surface area contributed by atoms with Gasteiger partial charge in [0.1, 0.15) is 24.7 Å². The Balaban J connectivity index is 1.37. The van der Waals surface area contributed by atoms with E-state index in [1.54, 1.807) is 28.6 Å². The second-order valence-electron chi connectivity index (χ2n) is 10.3. The summed E-state index contributed by atoms with van der Waals surface area (Å²) >= 11 is 0. The Morgan fingerprint density at radius 3 is 2.67 bits per heavy atom. The van der Waals surface area contributed by atoms with Crippen LogP contribution in [-0.4, -0.2) is 56.4 Å². The van der Waals surface area contributed by atoms with Gasteiger partial charge in [0, 0.05) is 53.7 Å². The van der Waals surface area contributed by atoms with E-state index in [0.29, 0.717) is 52.3 Å². The van der Waals surface area contributed by atoms with Crippen LogP contribution >= 0.6 is 7.14 Å². The minimum absolute atomic E-state index is 0.0416. The SMILES string of the molecule is CN1C(=O)c2cccc(OC(F)F)c2C2CC1c1nn3cnc(-c4cnc(P5(=O)CCCC5)c(F)c4)cc3c12. The fourth-order valence-electron chi connectivity index (χ4n) is 6.36. The molecule has 1 aliphatic carbocycles. The van der Waals surface area contributed by atoms with Crippen molar-refractivity contribution in [2.75, 3.05) is 19.4 Å². The number of rotatable bonds is 4. The van der Waals surface area contributed by atoms with Crippen molar-refractivity contribution < 1.29 is 27.3 Å². The lowest BCUT2D eigenvalue weighted by Crippen LogP contribution is -2.30. The molecular formula is C27H23F3N5O3P. The number of hydrogen-bond donors (Lipinski definition) is 0. The van der Waals surface area contributed by atoms with E-state index in [2.05, 4.69) is 9.97 Å². The molecular weight excluding hydrogens is 530 g/mol. The van der Waals surface area contributed by atoms with E-state index in [1.165, 1.54) is 30.7 Å². The fraction of sp³-hybridized carbons (Fsp3) is 0.333. The van der Waals surface area contributed by atoms with Crippen LogP contribution < -0.4 is 10.2 Å². The Morgan fingerprint density at radius 2 is 1.92 bits per heavy atom. The van der Waals surface area contributed by atoms with Gasteiger partial charge in [0.15, 0.2) is 5.82 Å². The summed E-state index contributed by atoms with van der Waals surface area (Å²) in [7, 11) is -1.13. The number of pyridine rings is 1. The highest BCUT2D eigenvalue weighted by molar-refractivity contribution is 7.71.